The molecule has 1 rings (SSSR count). The van der Waals surface area contributed by atoms with Crippen molar-refractivity contribution in [2.24, 2.45) is 0 Å². The van der Waals surface area contributed by atoms with Gasteiger partial charge < -0.3 is 0 Å². The summed E-state index contributed by atoms with van der Waals surface area (Å²) in [7, 11) is 0. The topological polar surface area (TPSA) is 23.8 Å². The molecule has 0 aromatic heterocycles. The van der Waals surface area contributed by atoms with Gasteiger partial charge in [-0.1, -0.05) is 6.07 Å². The molecule has 0 amide bonds. The van der Waals surface area contributed by atoms with E-state index in [0.717, 1.165) is 13.6 Å². The summed E-state index contributed by atoms with van der Waals surface area (Å²) in [5.74, 6) is 0. The molecule has 0 saturated carbocycles. The molecule has 0 aliphatic heterocycles. The minimum absolute atomic E-state index is 0.485. The van der Waals surface area contributed by atoms with E-state index in [4.69, 9.17) is 5.26 Å². The third-order valence-electron chi connectivity index (χ3n) is 1.52. The van der Waals surface area contributed by atoms with E-state index in [2.05, 4.69) is 56.7 Å². The molecule has 0 bridgehead atoms. The number of halogens is 2. The van der Waals surface area contributed by atoms with Crippen LogP contribution in [0.4, 0.5) is 0 Å². The number of aryl methyl sites for hydroxylation is 1. The second-order valence-electron chi connectivity index (χ2n) is 2.55. The van der Waals surface area contributed by atoms with Crippen molar-refractivity contribution in [2.45, 2.75) is 13.3 Å². The van der Waals surface area contributed by atoms with E-state index in [1.165, 1.54) is 5.56 Å². The maximum atomic E-state index is 8.56. The first kappa shape index (κ1) is 10.0. The molecule has 0 aliphatic rings. The third-order valence-corrected chi connectivity index (χ3v) is 4.16. The van der Waals surface area contributed by atoms with Crippen LogP contribution in [0.5, 0.6) is 0 Å². The van der Waals surface area contributed by atoms with E-state index in [-0.39, 0.29) is 0 Å². The van der Waals surface area contributed by atoms with Crippen molar-refractivity contribution in [3.63, 3.8) is 0 Å². The van der Waals surface area contributed by atoms with E-state index in [0.29, 0.717) is 6.42 Å². The molecule has 1 aromatic carbocycles. The van der Waals surface area contributed by atoms with Gasteiger partial charge in [-0.25, -0.2) is 0 Å². The van der Waals surface area contributed by atoms with Gasteiger partial charge in [0.25, 0.3) is 0 Å². The largest absolute Gasteiger partial charge is 0.198 e. The second-order valence-corrected chi connectivity index (χ2v) is 4.49. The number of nitrogens with zero attached hydrogens (tertiary/aromatic N) is 1. The second kappa shape index (κ2) is 4.24. The Morgan fingerprint density at radius 2 is 2.25 bits per heavy atom. The SMILES string of the molecule is Cc1cc(Br)c(I)c(CC#N)c1. The summed E-state index contributed by atoms with van der Waals surface area (Å²) in [5.41, 5.74) is 2.29. The maximum absolute atomic E-state index is 8.56. The van der Waals surface area contributed by atoms with Crippen molar-refractivity contribution in [1.29, 1.82) is 5.26 Å². The van der Waals surface area contributed by atoms with Gasteiger partial charge in [0.15, 0.2) is 0 Å². The smallest absolute Gasteiger partial charge is 0.0670 e. The van der Waals surface area contributed by atoms with Crippen LogP contribution in [-0.2, 0) is 6.42 Å². The molecular formula is C9H7BrIN. The zero-order valence-electron chi connectivity index (χ0n) is 6.56. The maximum Gasteiger partial charge on any atom is 0.0670 e. The van der Waals surface area contributed by atoms with Crippen LogP contribution in [0.25, 0.3) is 0 Å². The van der Waals surface area contributed by atoms with Crippen LogP contribution in [0.3, 0.4) is 0 Å². The van der Waals surface area contributed by atoms with Gasteiger partial charge in [-0.15, -0.1) is 0 Å². The first-order valence-electron chi connectivity index (χ1n) is 3.46. The van der Waals surface area contributed by atoms with Gasteiger partial charge >= 0.3 is 0 Å². The molecule has 3 heteroatoms. The summed E-state index contributed by atoms with van der Waals surface area (Å²) in [4.78, 5) is 0. The molecule has 0 saturated heterocycles. The highest BCUT2D eigenvalue weighted by Crippen LogP contribution is 2.24. The summed E-state index contributed by atoms with van der Waals surface area (Å²) in [6.45, 7) is 2.03. The number of hydrogen-bond donors (Lipinski definition) is 0. The molecule has 0 spiro atoms. The van der Waals surface area contributed by atoms with Gasteiger partial charge in [-0.3, -0.25) is 0 Å². The molecule has 1 aromatic rings. The number of nitriles is 1. The van der Waals surface area contributed by atoms with Crippen LogP contribution >= 0.6 is 38.5 Å². The lowest BCUT2D eigenvalue weighted by atomic mass is 10.1. The molecule has 0 N–H and O–H groups in total. The Labute approximate surface area is 94.0 Å². The molecule has 0 fully saturated rings. The van der Waals surface area contributed by atoms with Gasteiger partial charge in [-0.2, -0.15) is 5.26 Å². The highest BCUT2D eigenvalue weighted by molar-refractivity contribution is 14.1. The number of rotatable bonds is 1. The third kappa shape index (κ3) is 2.20. The average molecular weight is 336 g/mol. The lowest BCUT2D eigenvalue weighted by Crippen LogP contribution is -1.89. The van der Waals surface area contributed by atoms with Crippen LogP contribution in [0.15, 0.2) is 16.6 Å². The molecule has 0 heterocycles. The molecule has 62 valence electrons. The molecule has 1 nitrogen and oxygen atoms in total. The van der Waals surface area contributed by atoms with Crippen LogP contribution in [-0.4, -0.2) is 0 Å². The minimum atomic E-state index is 0.485. The fourth-order valence-corrected chi connectivity index (χ4v) is 2.13. The Morgan fingerprint density at radius 1 is 1.58 bits per heavy atom. The van der Waals surface area contributed by atoms with Crippen molar-refractivity contribution in [3.05, 3.63) is 31.3 Å². The molecule has 0 unspecified atom stereocenters. The Morgan fingerprint density at radius 3 is 2.83 bits per heavy atom. The summed E-state index contributed by atoms with van der Waals surface area (Å²) >= 11 is 5.70. The van der Waals surface area contributed by atoms with Gasteiger partial charge in [0.1, 0.15) is 0 Å². The molecule has 0 atom stereocenters. The molecule has 12 heavy (non-hydrogen) atoms. The van der Waals surface area contributed by atoms with Crippen molar-refractivity contribution in [1.82, 2.24) is 0 Å². The quantitative estimate of drug-likeness (QED) is 0.721. The Bertz CT molecular complexity index is 341. The van der Waals surface area contributed by atoms with Gasteiger partial charge in [-0.05, 0) is 62.6 Å². The van der Waals surface area contributed by atoms with Crippen molar-refractivity contribution < 1.29 is 0 Å². The van der Waals surface area contributed by atoms with Crippen LogP contribution in [0.2, 0.25) is 0 Å². The lowest BCUT2D eigenvalue weighted by Gasteiger charge is -2.03. The number of hydrogen-bond acceptors (Lipinski definition) is 1. The highest BCUT2D eigenvalue weighted by Gasteiger charge is 2.03. The van der Waals surface area contributed by atoms with Gasteiger partial charge in [0.05, 0.1) is 12.5 Å². The predicted molar refractivity (Wildman–Crippen MR) is 60.9 cm³/mol. The van der Waals surface area contributed by atoms with Crippen LogP contribution in [0, 0.1) is 21.8 Å². The first-order chi connectivity index (χ1) is 5.65. The van der Waals surface area contributed by atoms with E-state index < -0.39 is 0 Å². The Kier molecular flexibility index (Phi) is 3.53. The minimum Gasteiger partial charge on any atom is -0.198 e. The fourth-order valence-electron chi connectivity index (χ4n) is 1.01. The first-order valence-corrected chi connectivity index (χ1v) is 5.34. The van der Waals surface area contributed by atoms with Gasteiger partial charge in [0, 0.05) is 8.04 Å². The van der Waals surface area contributed by atoms with E-state index in [9.17, 15) is 0 Å². The summed E-state index contributed by atoms with van der Waals surface area (Å²) in [6.07, 6.45) is 0.485. The van der Waals surface area contributed by atoms with Crippen LogP contribution in [0.1, 0.15) is 11.1 Å². The zero-order chi connectivity index (χ0) is 9.14. The molecule has 0 radical (unpaired) electrons. The molecule has 0 aliphatic carbocycles. The van der Waals surface area contributed by atoms with Crippen molar-refractivity contribution in [2.75, 3.05) is 0 Å². The number of benzene rings is 1. The van der Waals surface area contributed by atoms with Crippen molar-refractivity contribution >= 4 is 38.5 Å². The highest BCUT2D eigenvalue weighted by atomic mass is 127. The van der Waals surface area contributed by atoms with E-state index >= 15 is 0 Å². The monoisotopic (exact) mass is 335 g/mol. The van der Waals surface area contributed by atoms with Crippen LogP contribution < -0.4 is 0 Å². The summed E-state index contributed by atoms with van der Waals surface area (Å²) in [5, 5.41) is 8.56. The Balaban J connectivity index is 3.20. The van der Waals surface area contributed by atoms with E-state index in [1.54, 1.807) is 0 Å². The standard InChI is InChI=1S/C9H7BrIN/c1-6-4-7(2-3-12)9(11)8(10)5-6/h4-5H,2H2,1H3. The predicted octanol–water partition coefficient (Wildman–Crippen LogP) is 3.43. The normalized spacial score (nSPS) is 9.50. The van der Waals surface area contributed by atoms with E-state index in [1.807, 2.05) is 6.92 Å². The summed E-state index contributed by atoms with van der Waals surface area (Å²) < 4.78 is 2.22. The fraction of sp³-hybridized carbons (Fsp3) is 0.222. The summed E-state index contributed by atoms with van der Waals surface area (Å²) in [6, 6.07) is 6.26. The zero-order valence-corrected chi connectivity index (χ0v) is 10.3. The average Bonchev–Trinajstić information content (AvgIpc) is 2.00. The lowest BCUT2D eigenvalue weighted by molar-refractivity contribution is 1.22. The van der Waals surface area contributed by atoms with Crippen molar-refractivity contribution in [3.8, 4) is 6.07 Å². The Hall–Kier alpha value is -0.0800. The van der Waals surface area contributed by atoms with Gasteiger partial charge in [0.2, 0.25) is 0 Å². The molecular weight excluding hydrogens is 329 g/mol.